The van der Waals surface area contributed by atoms with Crippen molar-refractivity contribution in [2.24, 2.45) is 68.0 Å². The van der Waals surface area contributed by atoms with E-state index in [-0.39, 0.29) is 63.6 Å². The van der Waals surface area contributed by atoms with Crippen LogP contribution in [0.5, 0.6) is 0 Å². The highest BCUT2D eigenvalue weighted by molar-refractivity contribution is 6.01. The van der Waals surface area contributed by atoms with E-state index in [0.29, 0.717) is 0 Å². The van der Waals surface area contributed by atoms with Crippen LogP contribution < -0.4 is 0 Å². The van der Waals surface area contributed by atoms with E-state index in [0.717, 1.165) is 0 Å². The summed E-state index contributed by atoms with van der Waals surface area (Å²) in [6.07, 6.45) is -8.94. The van der Waals surface area contributed by atoms with E-state index in [4.69, 9.17) is 23.7 Å². The molecule has 8 aliphatic rings. The Morgan fingerprint density at radius 3 is 1.67 bits per heavy atom. The van der Waals surface area contributed by atoms with E-state index in [1.807, 2.05) is 13.8 Å². The highest BCUT2D eigenvalue weighted by Crippen LogP contribution is 2.74. The topological polar surface area (TPSA) is 243 Å². The molecule has 64 heavy (non-hydrogen) atoms. The number of carbonyl (C=O) groups excluding carboxylic acids is 8. The molecule has 0 radical (unpaired) electrons. The van der Waals surface area contributed by atoms with Crippen molar-refractivity contribution < 1.29 is 77.4 Å². The van der Waals surface area contributed by atoms with Crippen LogP contribution >= 0.6 is 0 Å². The largest absolute Gasteiger partial charge is 0.462 e. The Morgan fingerprint density at radius 1 is 0.594 bits per heavy atom. The standard InChI is InChI=1S/C48H66O16/c1-21(49)60-30-13-25-17-47(20-29(55)37-43(7,8)35(63-24(4)52)16-33(57)45(37,10)39(30)47)41(59)64-48(12-11-27(25)53)26-14-31(61-22(2)50)38-44(9)32(56)15-34(62-23(3)51)42(5,6)36(44)28(54)19-46(38,18-26)40(48)58/h25-26,28,30-39,54,56-57H,11-20H2,1-10H3/t25-,26-,28+,30+,31+,32+,33+,34+,35+,36-,37-,38+,39+,44-,45-,46+,47+,48+/m1/s1. The number of rotatable bonds is 4. The number of carbonyl (C=O) groups is 8. The fourth-order valence-corrected chi connectivity index (χ4v) is 17.1. The monoisotopic (exact) mass is 898 g/mol. The average Bonchev–Trinajstić information content (AvgIpc) is 3.32. The molecular formula is C48H66O16. The van der Waals surface area contributed by atoms with Gasteiger partial charge in [-0.3, -0.25) is 38.4 Å². The van der Waals surface area contributed by atoms with Crippen LogP contribution in [-0.4, -0.2) is 111 Å². The third kappa shape index (κ3) is 6.21. The molecule has 0 aromatic heterocycles. The number of esters is 5. The van der Waals surface area contributed by atoms with Crippen molar-refractivity contribution in [1.29, 1.82) is 0 Å². The lowest BCUT2D eigenvalue weighted by Gasteiger charge is -2.67. The second kappa shape index (κ2) is 14.9. The van der Waals surface area contributed by atoms with Crippen LogP contribution in [0.1, 0.15) is 133 Å². The molecule has 0 amide bonds. The van der Waals surface area contributed by atoms with Crippen molar-refractivity contribution in [2.75, 3.05) is 0 Å². The Morgan fingerprint density at radius 2 is 1.11 bits per heavy atom. The molecule has 0 aromatic rings. The lowest BCUT2D eigenvalue weighted by molar-refractivity contribution is -0.278. The zero-order valence-corrected chi connectivity index (χ0v) is 38.7. The van der Waals surface area contributed by atoms with Crippen LogP contribution in [0.2, 0.25) is 0 Å². The first kappa shape index (κ1) is 46.8. The molecule has 1 saturated heterocycles. The molecule has 7 aliphatic carbocycles. The van der Waals surface area contributed by atoms with Crippen molar-refractivity contribution in [2.45, 2.75) is 182 Å². The normalized spacial score (nSPS) is 48.7. The smallest absolute Gasteiger partial charge is 0.314 e. The van der Waals surface area contributed by atoms with Gasteiger partial charge in [-0.2, -0.15) is 0 Å². The van der Waals surface area contributed by atoms with Crippen molar-refractivity contribution in [1.82, 2.24) is 0 Å². The molecule has 8 fully saturated rings. The van der Waals surface area contributed by atoms with Gasteiger partial charge in [0.15, 0.2) is 11.4 Å². The van der Waals surface area contributed by atoms with E-state index in [1.165, 1.54) is 27.7 Å². The first-order chi connectivity index (χ1) is 29.5. The number of hydrogen-bond donors (Lipinski definition) is 3. The van der Waals surface area contributed by atoms with Gasteiger partial charge in [-0.05, 0) is 32.1 Å². The predicted octanol–water partition coefficient (Wildman–Crippen LogP) is 3.53. The summed E-state index contributed by atoms with van der Waals surface area (Å²) in [5.41, 5.74) is -10.2. The minimum Gasteiger partial charge on any atom is -0.462 e. The number of aliphatic hydroxyl groups excluding tert-OH is 3. The number of aliphatic hydroxyl groups is 3. The quantitative estimate of drug-likeness (QED) is 0.270. The van der Waals surface area contributed by atoms with Gasteiger partial charge in [0.2, 0.25) is 0 Å². The van der Waals surface area contributed by atoms with Crippen LogP contribution in [0, 0.1) is 68.0 Å². The van der Waals surface area contributed by atoms with Gasteiger partial charge >= 0.3 is 29.8 Å². The molecule has 18 atom stereocenters. The second-order valence-corrected chi connectivity index (χ2v) is 22.8. The minimum absolute atomic E-state index is 0.00596. The molecule has 0 unspecified atom stereocenters. The summed E-state index contributed by atoms with van der Waals surface area (Å²) >= 11 is 0. The Balaban J connectivity index is 1.27. The van der Waals surface area contributed by atoms with Gasteiger partial charge in [-0.25, -0.2) is 0 Å². The van der Waals surface area contributed by atoms with E-state index < -0.39 is 164 Å². The fraction of sp³-hybridized carbons (Fsp3) is 0.833. The molecule has 4 bridgehead atoms. The highest BCUT2D eigenvalue weighted by Gasteiger charge is 2.81. The number of fused-ring (bicyclic) bond motifs is 7. The maximum Gasteiger partial charge on any atom is 0.314 e. The van der Waals surface area contributed by atoms with Gasteiger partial charge in [0.25, 0.3) is 0 Å². The highest BCUT2D eigenvalue weighted by atomic mass is 16.6. The predicted molar refractivity (Wildman–Crippen MR) is 220 cm³/mol. The summed E-state index contributed by atoms with van der Waals surface area (Å²) < 4.78 is 30.4. The van der Waals surface area contributed by atoms with E-state index >= 15 is 14.4 Å². The Hall–Kier alpha value is -3.76. The number of hydrogen-bond acceptors (Lipinski definition) is 16. The molecule has 16 heteroatoms. The van der Waals surface area contributed by atoms with Gasteiger partial charge in [0, 0.05) is 122 Å². The number of ether oxygens (including phenoxy) is 5. The van der Waals surface area contributed by atoms with Gasteiger partial charge in [0.05, 0.1) is 23.7 Å². The van der Waals surface area contributed by atoms with Crippen molar-refractivity contribution in [3.8, 4) is 0 Å². The molecule has 1 aliphatic heterocycles. The van der Waals surface area contributed by atoms with Crippen molar-refractivity contribution >= 4 is 47.2 Å². The maximum absolute atomic E-state index is 16.1. The van der Waals surface area contributed by atoms with E-state index in [9.17, 15) is 39.3 Å². The zero-order chi connectivity index (χ0) is 47.2. The van der Waals surface area contributed by atoms with Gasteiger partial charge in [-0.1, -0.05) is 41.5 Å². The van der Waals surface area contributed by atoms with Gasteiger partial charge in [0.1, 0.15) is 36.0 Å². The summed E-state index contributed by atoms with van der Waals surface area (Å²) in [4.78, 5) is 112. The third-order valence-corrected chi connectivity index (χ3v) is 18.7. The van der Waals surface area contributed by atoms with E-state index in [2.05, 4.69) is 0 Å². The summed E-state index contributed by atoms with van der Waals surface area (Å²) in [5.74, 6) is -10.2. The molecule has 1 heterocycles. The minimum atomic E-state index is -2.00. The van der Waals surface area contributed by atoms with Crippen LogP contribution in [0.25, 0.3) is 0 Å². The van der Waals surface area contributed by atoms with Crippen molar-refractivity contribution in [3.63, 3.8) is 0 Å². The van der Waals surface area contributed by atoms with Gasteiger partial charge in [-0.15, -0.1) is 0 Å². The number of ketones is 3. The second-order valence-electron chi connectivity index (χ2n) is 22.8. The SMILES string of the molecule is CC(=O)O[C@H]1C[C@@H]2C[C@@]3(CC(=O)[C@@H]4C(C)(C)[C@@H](OC(C)=O)C[C@H](O)[C@@]4(C)[C@H]13)C(=O)O[C@]1(CCC2=O)C(=O)[C@]23C[C@H]1C[C@H](OC(C)=O)[C@H]2[C@@]1(C)[C@H]([C@@H](O)C3)C(C)(C)[C@@H](OC(C)=O)C[C@@H]1O. The lowest BCUT2D eigenvalue weighted by Crippen LogP contribution is -2.73. The Kier molecular flexibility index (Phi) is 10.9. The third-order valence-electron chi connectivity index (χ3n) is 18.7. The lowest BCUT2D eigenvalue weighted by atomic mass is 9.38. The maximum atomic E-state index is 16.1. The molecule has 16 nitrogen and oxygen atoms in total. The van der Waals surface area contributed by atoms with Crippen LogP contribution in [-0.2, 0) is 62.0 Å². The molecule has 7 saturated carbocycles. The molecule has 0 aromatic carbocycles. The number of Topliss-reactive ketones (excluding diaryl/α,β-unsaturated/α-hetero) is 3. The molecule has 3 spiro atoms. The van der Waals surface area contributed by atoms with Crippen LogP contribution in [0.4, 0.5) is 0 Å². The summed E-state index contributed by atoms with van der Waals surface area (Å²) in [7, 11) is 0. The summed E-state index contributed by atoms with van der Waals surface area (Å²) in [5, 5.41) is 37.0. The van der Waals surface area contributed by atoms with Crippen LogP contribution in [0.3, 0.4) is 0 Å². The first-order valence-corrected chi connectivity index (χ1v) is 23.1. The fourth-order valence-electron chi connectivity index (χ4n) is 17.1. The Labute approximate surface area is 373 Å². The average molecular weight is 899 g/mol. The summed E-state index contributed by atoms with van der Waals surface area (Å²) in [6, 6.07) is 0. The van der Waals surface area contributed by atoms with E-state index in [1.54, 1.807) is 27.7 Å². The van der Waals surface area contributed by atoms with Crippen LogP contribution in [0.15, 0.2) is 0 Å². The zero-order valence-electron chi connectivity index (χ0n) is 38.7. The molecule has 3 N–H and O–H groups in total. The molecule has 354 valence electrons. The van der Waals surface area contributed by atoms with Gasteiger partial charge < -0.3 is 39.0 Å². The molecule has 8 rings (SSSR count). The summed E-state index contributed by atoms with van der Waals surface area (Å²) in [6.45, 7) is 15.7. The Bertz CT molecular complexity index is 2080. The van der Waals surface area contributed by atoms with Crippen molar-refractivity contribution in [3.05, 3.63) is 0 Å². The molecular weight excluding hydrogens is 833 g/mol. The first-order valence-electron chi connectivity index (χ1n) is 23.1.